The molecule has 0 saturated heterocycles. The minimum absolute atomic E-state index is 0.0869. The van der Waals surface area contributed by atoms with E-state index in [1.165, 1.54) is 26.2 Å². The Labute approximate surface area is 107 Å². The number of ether oxygens (including phenoxy) is 1. The molecule has 0 aromatic heterocycles. The summed E-state index contributed by atoms with van der Waals surface area (Å²) in [6.45, 7) is 5.00. The fourth-order valence-electron chi connectivity index (χ4n) is 1.31. The first kappa shape index (κ1) is 14.4. The summed E-state index contributed by atoms with van der Waals surface area (Å²) in [5.74, 6) is -0.638. The maximum atomic E-state index is 11.9. The SMILES string of the molecule is C=Cc1ccc(S(=O)(=O)N[C@H](C)C(=O)OC)cc1. The van der Waals surface area contributed by atoms with Gasteiger partial charge in [0, 0.05) is 0 Å². The molecular formula is C12H15NO4S. The Morgan fingerprint density at radius 3 is 2.39 bits per heavy atom. The average molecular weight is 269 g/mol. The first-order valence-corrected chi connectivity index (χ1v) is 6.71. The first-order chi connectivity index (χ1) is 8.40. The molecule has 1 aromatic rings. The van der Waals surface area contributed by atoms with Gasteiger partial charge in [-0.1, -0.05) is 24.8 Å². The molecule has 0 aliphatic carbocycles. The number of methoxy groups -OCH3 is 1. The van der Waals surface area contributed by atoms with Gasteiger partial charge in [0.2, 0.25) is 10.0 Å². The maximum Gasteiger partial charge on any atom is 0.323 e. The molecular weight excluding hydrogens is 254 g/mol. The van der Waals surface area contributed by atoms with E-state index in [4.69, 9.17) is 0 Å². The van der Waals surface area contributed by atoms with Crippen LogP contribution in [-0.4, -0.2) is 27.5 Å². The van der Waals surface area contributed by atoms with Crippen molar-refractivity contribution in [1.82, 2.24) is 4.72 Å². The summed E-state index contributed by atoms with van der Waals surface area (Å²) in [6, 6.07) is 5.22. The quantitative estimate of drug-likeness (QED) is 0.814. The van der Waals surface area contributed by atoms with Crippen molar-refractivity contribution in [3.63, 3.8) is 0 Å². The van der Waals surface area contributed by atoms with Crippen molar-refractivity contribution >= 4 is 22.1 Å². The Hall–Kier alpha value is -1.66. The molecule has 6 heteroatoms. The monoisotopic (exact) mass is 269 g/mol. The molecule has 18 heavy (non-hydrogen) atoms. The molecule has 5 nitrogen and oxygen atoms in total. The number of carbonyl (C=O) groups is 1. The van der Waals surface area contributed by atoms with Crippen LogP contribution in [0.5, 0.6) is 0 Å². The second-order valence-electron chi connectivity index (χ2n) is 3.64. The van der Waals surface area contributed by atoms with Gasteiger partial charge in [0.05, 0.1) is 12.0 Å². The van der Waals surface area contributed by atoms with Crippen molar-refractivity contribution in [3.05, 3.63) is 36.4 Å². The van der Waals surface area contributed by atoms with Crippen molar-refractivity contribution in [2.75, 3.05) is 7.11 Å². The highest BCUT2D eigenvalue weighted by atomic mass is 32.2. The van der Waals surface area contributed by atoms with Gasteiger partial charge in [-0.15, -0.1) is 0 Å². The zero-order valence-electron chi connectivity index (χ0n) is 10.2. The van der Waals surface area contributed by atoms with E-state index in [9.17, 15) is 13.2 Å². The number of benzene rings is 1. The van der Waals surface area contributed by atoms with Crippen LogP contribution in [0.1, 0.15) is 12.5 Å². The molecule has 98 valence electrons. The third-order valence-electron chi connectivity index (χ3n) is 2.31. The second-order valence-corrected chi connectivity index (χ2v) is 5.35. The summed E-state index contributed by atoms with van der Waals surface area (Å²) in [4.78, 5) is 11.2. The molecule has 0 amide bonds. The maximum absolute atomic E-state index is 11.9. The van der Waals surface area contributed by atoms with E-state index in [0.29, 0.717) is 0 Å². The van der Waals surface area contributed by atoms with Gasteiger partial charge in [-0.25, -0.2) is 8.42 Å². The molecule has 0 fully saturated rings. The molecule has 0 aliphatic heterocycles. The number of rotatable bonds is 5. The third-order valence-corrected chi connectivity index (χ3v) is 3.87. The van der Waals surface area contributed by atoms with Crippen molar-refractivity contribution in [1.29, 1.82) is 0 Å². The lowest BCUT2D eigenvalue weighted by molar-refractivity contribution is -0.142. The van der Waals surface area contributed by atoms with E-state index in [-0.39, 0.29) is 4.90 Å². The van der Waals surface area contributed by atoms with E-state index in [0.717, 1.165) is 5.56 Å². The first-order valence-electron chi connectivity index (χ1n) is 5.23. The molecule has 1 N–H and O–H groups in total. The minimum atomic E-state index is -3.72. The fourth-order valence-corrected chi connectivity index (χ4v) is 2.50. The number of sulfonamides is 1. The number of carbonyl (C=O) groups excluding carboxylic acids is 1. The van der Waals surface area contributed by atoms with E-state index in [1.54, 1.807) is 18.2 Å². The van der Waals surface area contributed by atoms with Gasteiger partial charge in [0.15, 0.2) is 0 Å². The van der Waals surface area contributed by atoms with Crippen LogP contribution >= 0.6 is 0 Å². The normalized spacial score (nSPS) is 12.8. The van der Waals surface area contributed by atoms with Crippen LogP contribution in [0.25, 0.3) is 6.08 Å². The van der Waals surface area contributed by atoms with Gasteiger partial charge in [0.1, 0.15) is 6.04 Å². The lowest BCUT2D eigenvalue weighted by Crippen LogP contribution is -2.39. The average Bonchev–Trinajstić information content (AvgIpc) is 2.37. The van der Waals surface area contributed by atoms with E-state index >= 15 is 0 Å². The molecule has 1 atom stereocenters. The van der Waals surface area contributed by atoms with Crippen LogP contribution in [0, 0.1) is 0 Å². The standard InChI is InChI=1S/C12H15NO4S/c1-4-10-5-7-11(8-6-10)18(15,16)13-9(2)12(14)17-3/h4-9,13H,1H2,2-3H3/t9-/m1/s1. The van der Waals surface area contributed by atoms with Crippen molar-refractivity contribution in [2.24, 2.45) is 0 Å². The summed E-state index contributed by atoms with van der Waals surface area (Å²) >= 11 is 0. The Kier molecular flexibility index (Phi) is 4.63. The van der Waals surface area contributed by atoms with E-state index in [2.05, 4.69) is 16.0 Å². The topological polar surface area (TPSA) is 72.5 Å². The number of hydrogen-bond donors (Lipinski definition) is 1. The Balaban J connectivity index is 2.92. The lowest BCUT2D eigenvalue weighted by atomic mass is 10.2. The molecule has 0 radical (unpaired) electrons. The molecule has 1 rings (SSSR count). The van der Waals surface area contributed by atoms with Gasteiger partial charge in [-0.05, 0) is 24.6 Å². The van der Waals surface area contributed by atoms with Gasteiger partial charge in [-0.3, -0.25) is 4.79 Å². The Morgan fingerprint density at radius 1 is 1.39 bits per heavy atom. The summed E-state index contributed by atoms with van der Waals surface area (Å²) in [7, 11) is -2.52. The highest BCUT2D eigenvalue weighted by Crippen LogP contribution is 2.11. The van der Waals surface area contributed by atoms with Gasteiger partial charge in [-0.2, -0.15) is 4.72 Å². The summed E-state index contributed by atoms with van der Waals surface area (Å²) < 4.78 is 30.5. The van der Waals surface area contributed by atoms with Gasteiger partial charge >= 0.3 is 5.97 Å². The van der Waals surface area contributed by atoms with Crippen LogP contribution in [-0.2, 0) is 19.6 Å². The third kappa shape index (κ3) is 3.41. The smallest absolute Gasteiger partial charge is 0.323 e. The van der Waals surface area contributed by atoms with Gasteiger partial charge < -0.3 is 4.74 Å². The van der Waals surface area contributed by atoms with E-state index in [1.807, 2.05) is 0 Å². The predicted molar refractivity (Wildman–Crippen MR) is 68.3 cm³/mol. The zero-order valence-corrected chi connectivity index (χ0v) is 11.0. The fraction of sp³-hybridized carbons (Fsp3) is 0.250. The van der Waals surface area contributed by atoms with Crippen LogP contribution in [0.15, 0.2) is 35.7 Å². The number of esters is 1. The number of nitrogens with one attached hydrogen (secondary N) is 1. The van der Waals surface area contributed by atoms with Crippen LogP contribution in [0.3, 0.4) is 0 Å². The minimum Gasteiger partial charge on any atom is -0.468 e. The Bertz CT molecular complexity index is 534. The highest BCUT2D eigenvalue weighted by molar-refractivity contribution is 7.89. The van der Waals surface area contributed by atoms with Gasteiger partial charge in [0.25, 0.3) is 0 Å². The van der Waals surface area contributed by atoms with Crippen LogP contribution in [0.4, 0.5) is 0 Å². The zero-order chi connectivity index (χ0) is 13.8. The highest BCUT2D eigenvalue weighted by Gasteiger charge is 2.22. The summed E-state index contributed by atoms with van der Waals surface area (Å²) in [5, 5.41) is 0. The number of hydrogen-bond acceptors (Lipinski definition) is 4. The molecule has 0 heterocycles. The largest absolute Gasteiger partial charge is 0.468 e. The van der Waals surface area contributed by atoms with Crippen LogP contribution in [0.2, 0.25) is 0 Å². The summed E-state index contributed by atoms with van der Waals surface area (Å²) in [6.07, 6.45) is 1.61. The van der Waals surface area contributed by atoms with Crippen LogP contribution < -0.4 is 4.72 Å². The molecule has 0 unspecified atom stereocenters. The molecule has 0 bridgehead atoms. The van der Waals surface area contributed by atoms with Crippen molar-refractivity contribution in [2.45, 2.75) is 17.9 Å². The van der Waals surface area contributed by atoms with Crippen molar-refractivity contribution in [3.8, 4) is 0 Å². The Morgan fingerprint density at radius 2 is 1.94 bits per heavy atom. The second kappa shape index (κ2) is 5.79. The molecule has 0 spiro atoms. The molecule has 1 aromatic carbocycles. The lowest BCUT2D eigenvalue weighted by Gasteiger charge is -2.12. The predicted octanol–water partition coefficient (Wildman–Crippen LogP) is 1.17. The molecule has 0 saturated carbocycles. The van der Waals surface area contributed by atoms with Crippen molar-refractivity contribution < 1.29 is 17.9 Å². The molecule has 0 aliphatic rings. The van der Waals surface area contributed by atoms with E-state index < -0.39 is 22.0 Å². The summed E-state index contributed by atoms with van der Waals surface area (Å²) in [5.41, 5.74) is 0.815.